The van der Waals surface area contributed by atoms with Crippen LogP contribution in [-0.4, -0.2) is 44.5 Å². The van der Waals surface area contributed by atoms with Crippen LogP contribution in [0.2, 0.25) is 0 Å². The topological polar surface area (TPSA) is 64.7 Å². The van der Waals surface area contributed by atoms with Crippen molar-refractivity contribution in [1.29, 1.82) is 0 Å². The predicted molar refractivity (Wildman–Crippen MR) is 133 cm³/mol. The minimum atomic E-state index is -0.643. The summed E-state index contributed by atoms with van der Waals surface area (Å²) in [6.07, 6.45) is 0. The zero-order valence-corrected chi connectivity index (χ0v) is 19.4. The highest BCUT2D eigenvalue weighted by atomic mass is 35.5. The Bertz CT molecular complexity index is 1110. The summed E-state index contributed by atoms with van der Waals surface area (Å²) in [5, 5.41) is 8.14. The molecule has 0 radical (unpaired) electrons. The Morgan fingerprint density at radius 2 is 1.69 bits per heavy atom. The number of benzene rings is 3. The minimum absolute atomic E-state index is 0. The molecule has 6 nitrogen and oxygen atoms in total. The van der Waals surface area contributed by atoms with Gasteiger partial charge in [0.15, 0.2) is 0 Å². The van der Waals surface area contributed by atoms with E-state index in [1.165, 1.54) is 0 Å². The first kappa shape index (κ1) is 23.6. The summed E-state index contributed by atoms with van der Waals surface area (Å²) in [7, 11) is 3.68. The molecule has 1 aliphatic heterocycles. The minimum Gasteiger partial charge on any atom is -0.370 e. The largest absolute Gasteiger partial charge is 0.370 e. The van der Waals surface area contributed by atoms with E-state index in [9.17, 15) is 9.59 Å². The fourth-order valence-corrected chi connectivity index (χ4v) is 4.07. The van der Waals surface area contributed by atoms with Crippen LogP contribution in [0.4, 0.5) is 11.4 Å². The average molecular weight is 453 g/mol. The number of amides is 2. The molecule has 3 aromatic rings. The van der Waals surface area contributed by atoms with Crippen molar-refractivity contribution in [3.63, 3.8) is 0 Å². The maximum Gasteiger partial charge on any atom is 0.251 e. The van der Waals surface area contributed by atoms with Crippen molar-refractivity contribution in [3.05, 3.63) is 72.3 Å². The Hall–Kier alpha value is -3.09. The van der Waals surface area contributed by atoms with Gasteiger partial charge in [0, 0.05) is 13.6 Å². The van der Waals surface area contributed by atoms with Gasteiger partial charge in [0.1, 0.15) is 6.04 Å². The monoisotopic (exact) mass is 452 g/mol. The van der Waals surface area contributed by atoms with Crippen LogP contribution in [0.15, 0.2) is 66.7 Å². The molecule has 0 saturated carbocycles. The van der Waals surface area contributed by atoms with Crippen molar-refractivity contribution in [1.82, 2.24) is 10.6 Å². The zero-order valence-electron chi connectivity index (χ0n) is 18.5. The van der Waals surface area contributed by atoms with Crippen LogP contribution in [0.1, 0.15) is 12.5 Å². The van der Waals surface area contributed by atoms with E-state index in [0.29, 0.717) is 13.1 Å². The maximum atomic E-state index is 13.7. The van der Waals surface area contributed by atoms with E-state index in [1.54, 1.807) is 18.9 Å². The lowest BCUT2D eigenvalue weighted by molar-refractivity contribution is -0.128. The van der Waals surface area contributed by atoms with Gasteiger partial charge < -0.3 is 20.4 Å². The Morgan fingerprint density at radius 1 is 1.03 bits per heavy atom. The van der Waals surface area contributed by atoms with Gasteiger partial charge >= 0.3 is 0 Å². The van der Waals surface area contributed by atoms with E-state index in [0.717, 1.165) is 27.7 Å². The van der Waals surface area contributed by atoms with E-state index in [4.69, 9.17) is 0 Å². The summed E-state index contributed by atoms with van der Waals surface area (Å²) in [5.74, 6) is -0.299. The van der Waals surface area contributed by atoms with Gasteiger partial charge in [-0.15, -0.1) is 12.4 Å². The van der Waals surface area contributed by atoms with E-state index < -0.39 is 6.04 Å². The third kappa shape index (κ3) is 4.56. The van der Waals surface area contributed by atoms with Crippen LogP contribution >= 0.6 is 12.4 Å². The van der Waals surface area contributed by atoms with Crippen molar-refractivity contribution in [3.8, 4) is 0 Å². The van der Waals surface area contributed by atoms with Crippen molar-refractivity contribution >= 4 is 46.4 Å². The van der Waals surface area contributed by atoms with E-state index in [-0.39, 0.29) is 30.3 Å². The zero-order chi connectivity index (χ0) is 22.0. The average Bonchev–Trinajstić information content (AvgIpc) is 2.89. The highest BCUT2D eigenvalue weighted by Crippen LogP contribution is 2.34. The summed E-state index contributed by atoms with van der Waals surface area (Å²) < 4.78 is 0. The van der Waals surface area contributed by atoms with Crippen molar-refractivity contribution in [2.75, 3.05) is 30.4 Å². The number of carbonyl (C=O) groups excluding carboxylic acids is 2. The molecule has 1 aliphatic rings. The lowest BCUT2D eigenvalue weighted by Crippen LogP contribution is -2.54. The summed E-state index contributed by atoms with van der Waals surface area (Å²) in [5.41, 5.74) is 2.88. The molecule has 0 aliphatic carbocycles. The first-order valence-electron chi connectivity index (χ1n) is 10.6. The number of fused-ring (bicyclic) bond motifs is 2. The molecule has 0 spiro atoms. The molecule has 0 fully saturated rings. The number of hydrogen-bond acceptors (Lipinski definition) is 4. The number of hydrogen-bond donors (Lipinski definition) is 2. The molecule has 0 bridgehead atoms. The molecular weight excluding hydrogens is 424 g/mol. The van der Waals surface area contributed by atoms with Gasteiger partial charge in [-0.1, -0.05) is 54.6 Å². The van der Waals surface area contributed by atoms with Crippen LogP contribution in [-0.2, 0) is 16.1 Å². The summed E-state index contributed by atoms with van der Waals surface area (Å²) in [4.78, 5) is 30.1. The van der Waals surface area contributed by atoms with Crippen LogP contribution in [0, 0.1) is 0 Å². The van der Waals surface area contributed by atoms with Gasteiger partial charge in [-0.2, -0.15) is 0 Å². The Balaban J connectivity index is 0.00000289. The van der Waals surface area contributed by atoms with Gasteiger partial charge in [-0.3, -0.25) is 9.59 Å². The molecule has 0 aromatic heterocycles. The van der Waals surface area contributed by atoms with Crippen LogP contribution in [0.25, 0.3) is 10.8 Å². The number of carbonyl (C=O) groups is 2. The Kier molecular flexibility index (Phi) is 7.38. The van der Waals surface area contributed by atoms with Crippen molar-refractivity contribution in [2.24, 2.45) is 0 Å². The highest BCUT2D eigenvalue weighted by Gasteiger charge is 2.34. The van der Waals surface area contributed by atoms with Gasteiger partial charge in [0.25, 0.3) is 5.91 Å². The number of halogens is 1. The molecule has 2 N–H and O–H groups in total. The smallest absolute Gasteiger partial charge is 0.251 e. The summed E-state index contributed by atoms with van der Waals surface area (Å²) in [6.45, 7) is 2.62. The number of para-hydroxylation sites is 2. The standard InChI is InChI=1S/C25H28N4O2.ClH/c1-17(26-2)24(30)27-21-16-28(3)22-13-6-7-14-23(22)29(25(21)31)15-19-11-8-10-18-9-4-5-12-20(18)19;/h4-14,17,21,26H,15-16H2,1-3H3,(H,27,30);1H/t17-,21-;/m0./s1. The van der Waals surface area contributed by atoms with Gasteiger partial charge in [0.05, 0.1) is 24.0 Å². The number of likely N-dealkylation sites (N-methyl/N-ethyl adjacent to an activating group) is 2. The third-order valence-electron chi connectivity index (χ3n) is 5.96. The van der Waals surface area contributed by atoms with Crippen LogP contribution in [0.5, 0.6) is 0 Å². The molecule has 2 amide bonds. The molecule has 0 unspecified atom stereocenters. The highest BCUT2D eigenvalue weighted by molar-refractivity contribution is 6.04. The van der Waals surface area contributed by atoms with Gasteiger partial charge in [-0.05, 0) is 42.4 Å². The lowest BCUT2D eigenvalue weighted by Gasteiger charge is -2.26. The number of rotatable bonds is 5. The molecular formula is C25H29ClN4O2. The second-order valence-electron chi connectivity index (χ2n) is 8.00. The molecule has 2 atom stereocenters. The first-order chi connectivity index (χ1) is 15.0. The van der Waals surface area contributed by atoms with Crippen molar-refractivity contribution in [2.45, 2.75) is 25.6 Å². The van der Waals surface area contributed by atoms with E-state index >= 15 is 0 Å². The fourth-order valence-electron chi connectivity index (χ4n) is 4.07. The molecule has 168 valence electrons. The molecule has 4 rings (SSSR count). The normalized spacial score (nSPS) is 16.7. The van der Waals surface area contributed by atoms with Crippen LogP contribution < -0.4 is 20.4 Å². The van der Waals surface area contributed by atoms with Crippen LogP contribution in [0.3, 0.4) is 0 Å². The molecule has 7 heteroatoms. The lowest BCUT2D eigenvalue weighted by atomic mass is 10.0. The summed E-state index contributed by atoms with van der Waals surface area (Å²) >= 11 is 0. The van der Waals surface area contributed by atoms with Crippen molar-refractivity contribution < 1.29 is 9.59 Å². The van der Waals surface area contributed by atoms with E-state index in [2.05, 4.69) is 34.9 Å². The second kappa shape index (κ2) is 10.0. The Labute approximate surface area is 195 Å². The SMILES string of the molecule is CN[C@@H](C)C(=O)N[C@H]1CN(C)c2ccccc2N(Cc2cccc3ccccc23)C1=O.Cl. The Morgan fingerprint density at radius 3 is 2.44 bits per heavy atom. The molecule has 1 heterocycles. The fraction of sp³-hybridized carbons (Fsp3) is 0.280. The van der Waals surface area contributed by atoms with Gasteiger partial charge in [0.2, 0.25) is 5.91 Å². The third-order valence-corrected chi connectivity index (χ3v) is 5.96. The second-order valence-corrected chi connectivity index (χ2v) is 8.00. The number of anilines is 2. The number of nitrogens with one attached hydrogen (secondary N) is 2. The number of nitrogens with zero attached hydrogens (tertiary/aromatic N) is 2. The summed E-state index contributed by atoms with van der Waals surface area (Å²) in [6, 6.07) is 21.2. The molecule has 32 heavy (non-hydrogen) atoms. The predicted octanol–water partition coefficient (Wildman–Crippen LogP) is 3.34. The molecule has 0 saturated heterocycles. The maximum absolute atomic E-state index is 13.7. The molecule has 3 aromatic carbocycles. The quantitative estimate of drug-likeness (QED) is 0.623. The van der Waals surface area contributed by atoms with E-state index in [1.807, 2.05) is 54.4 Å². The van der Waals surface area contributed by atoms with Gasteiger partial charge in [-0.25, -0.2) is 0 Å². The first-order valence-corrected chi connectivity index (χ1v) is 10.6.